The Morgan fingerprint density at radius 3 is 1.79 bits per heavy atom. The van der Waals surface area contributed by atoms with Gasteiger partial charge in [0.2, 0.25) is 0 Å². The van der Waals surface area contributed by atoms with Gasteiger partial charge in [0, 0.05) is 0 Å². The number of hydrogen-bond donors (Lipinski definition) is 0. The number of aryl methyl sites for hydroxylation is 3. The third kappa shape index (κ3) is 3.37. The van der Waals surface area contributed by atoms with Gasteiger partial charge in [0.15, 0.2) is 0 Å². The normalized spacial score (nSPS) is 11.1. The first kappa shape index (κ1) is 14.1. The standard InChI is InChI=1S/C19H26/c1-4-7-15-10-11-18-13-16(8-5-2)17(9-6-3)14-19(18)12-15/h10-14H,4-9H2,1-3H3. The van der Waals surface area contributed by atoms with Crippen molar-refractivity contribution in [3.63, 3.8) is 0 Å². The zero-order chi connectivity index (χ0) is 13.7. The van der Waals surface area contributed by atoms with Gasteiger partial charge in [0.1, 0.15) is 0 Å². The van der Waals surface area contributed by atoms with Gasteiger partial charge in [-0.3, -0.25) is 0 Å². The summed E-state index contributed by atoms with van der Waals surface area (Å²) in [7, 11) is 0. The van der Waals surface area contributed by atoms with Gasteiger partial charge in [-0.2, -0.15) is 0 Å². The molecule has 0 aromatic heterocycles. The Hall–Kier alpha value is -1.30. The molecule has 102 valence electrons. The van der Waals surface area contributed by atoms with Crippen LogP contribution in [-0.4, -0.2) is 0 Å². The van der Waals surface area contributed by atoms with Gasteiger partial charge in [0.05, 0.1) is 0 Å². The van der Waals surface area contributed by atoms with E-state index in [1.165, 1.54) is 54.9 Å². The summed E-state index contributed by atoms with van der Waals surface area (Å²) < 4.78 is 0. The first-order valence-electron chi connectivity index (χ1n) is 7.82. The SMILES string of the molecule is CCCc1ccc2cc(CCC)c(CCC)cc2c1. The third-order valence-corrected chi connectivity index (χ3v) is 3.80. The van der Waals surface area contributed by atoms with Crippen LogP contribution in [0.1, 0.15) is 56.7 Å². The summed E-state index contributed by atoms with van der Waals surface area (Å²) in [6.07, 6.45) is 7.30. The van der Waals surface area contributed by atoms with Crippen LogP contribution < -0.4 is 0 Å². The molecule has 0 fully saturated rings. The number of benzene rings is 2. The van der Waals surface area contributed by atoms with E-state index in [-0.39, 0.29) is 0 Å². The maximum atomic E-state index is 2.43. The van der Waals surface area contributed by atoms with Gasteiger partial charge in [-0.05, 0) is 46.7 Å². The van der Waals surface area contributed by atoms with Crippen molar-refractivity contribution in [3.8, 4) is 0 Å². The highest BCUT2D eigenvalue weighted by molar-refractivity contribution is 5.84. The van der Waals surface area contributed by atoms with E-state index in [9.17, 15) is 0 Å². The summed E-state index contributed by atoms with van der Waals surface area (Å²) in [5, 5.41) is 2.83. The molecule has 0 radical (unpaired) electrons. The molecule has 0 N–H and O–H groups in total. The van der Waals surface area contributed by atoms with Gasteiger partial charge in [-0.25, -0.2) is 0 Å². The molecule has 0 saturated heterocycles. The van der Waals surface area contributed by atoms with Gasteiger partial charge in [-0.15, -0.1) is 0 Å². The summed E-state index contributed by atoms with van der Waals surface area (Å²) in [6.45, 7) is 6.79. The molecule has 19 heavy (non-hydrogen) atoms. The van der Waals surface area contributed by atoms with E-state index in [4.69, 9.17) is 0 Å². The van der Waals surface area contributed by atoms with E-state index in [1.54, 1.807) is 11.1 Å². The summed E-state index contributed by atoms with van der Waals surface area (Å²) in [5.41, 5.74) is 4.59. The van der Waals surface area contributed by atoms with Gasteiger partial charge in [0.25, 0.3) is 0 Å². The van der Waals surface area contributed by atoms with Crippen LogP contribution in [0.2, 0.25) is 0 Å². The largest absolute Gasteiger partial charge is 0.0651 e. The maximum Gasteiger partial charge on any atom is -0.0178 e. The van der Waals surface area contributed by atoms with Crippen molar-refractivity contribution < 1.29 is 0 Å². The molecule has 2 rings (SSSR count). The molecule has 0 heterocycles. The van der Waals surface area contributed by atoms with Crippen molar-refractivity contribution in [2.75, 3.05) is 0 Å². The monoisotopic (exact) mass is 254 g/mol. The minimum absolute atomic E-state index is 1.19. The molecule has 0 saturated carbocycles. The molecule has 0 aliphatic heterocycles. The van der Waals surface area contributed by atoms with Crippen molar-refractivity contribution in [1.82, 2.24) is 0 Å². The average Bonchev–Trinajstić information content (AvgIpc) is 2.40. The van der Waals surface area contributed by atoms with Crippen molar-refractivity contribution >= 4 is 10.8 Å². The van der Waals surface area contributed by atoms with E-state index in [0.29, 0.717) is 0 Å². The van der Waals surface area contributed by atoms with Crippen LogP contribution in [0.15, 0.2) is 30.3 Å². The smallest absolute Gasteiger partial charge is 0.0178 e. The second-order valence-corrected chi connectivity index (χ2v) is 5.55. The number of rotatable bonds is 6. The fourth-order valence-corrected chi connectivity index (χ4v) is 2.89. The molecule has 2 aromatic rings. The zero-order valence-corrected chi connectivity index (χ0v) is 12.6. The van der Waals surface area contributed by atoms with E-state index in [0.717, 1.165) is 0 Å². The van der Waals surface area contributed by atoms with E-state index >= 15 is 0 Å². The summed E-state index contributed by atoms with van der Waals surface area (Å²) in [5.74, 6) is 0. The van der Waals surface area contributed by atoms with Crippen LogP contribution in [-0.2, 0) is 19.3 Å². The lowest BCUT2D eigenvalue weighted by Crippen LogP contribution is -1.95. The highest BCUT2D eigenvalue weighted by atomic mass is 14.1. The Bertz CT molecular complexity index is 537. The van der Waals surface area contributed by atoms with Crippen molar-refractivity contribution in [2.24, 2.45) is 0 Å². The molecule has 0 bridgehead atoms. The highest BCUT2D eigenvalue weighted by Crippen LogP contribution is 2.24. The maximum absolute atomic E-state index is 2.43. The van der Waals surface area contributed by atoms with Gasteiger partial charge >= 0.3 is 0 Å². The van der Waals surface area contributed by atoms with Gasteiger partial charge < -0.3 is 0 Å². The fraction of sp³-hybridized carbons (Fsp3) is 0.474. The molecule has 0 nitrogen and oxygen atoms in total. The van der Waals surface area contributed by atoms with Crippen molar-refractivity contribution in [2.45, 2.75) is 59.3 Å². The summed E-state index contributed by atoms with van der Waals surface area (Å²) in [4.78, 5) is 0. The van der Waals surface area contributed by atoms with Crippen LogP contribution in [0.5, 0.6) is 0 Å². The first-order chi connectivity index (χ1) is 9.28. The van der Waals surface area contributed by atoms with Crippen LogP contribution in [0.4, 0.5) is 0 Å². The molecule has 0 unspecified atom stereocenters. The molecule has 0 heteroatoms. The highest BCUT2D eigenvalue weighted by Gasteiger charge is 2.05. The van der Waals surface area contributed by atoms with Crippen LogP contribution in [0, 0.1) is 0 Å². The van der Waals surface area contributed by atoms with Gasteiger partial charge in [-0.1, -0.05) is 70.4 Å². The molecular formula is C19H26. The second kappa shape index (κ2) is 6.75. The number of hydrogen-bond acceptors (Lipinski definition) is 0. The molecule has 2 aromatic carbocycles. The Labute approximate surface area is 117 Å². The van der Waals surface area contributed by atoms with E-state index in [1.807, 2.05) is 0 Å². The third-order valence-electron chi connectivity index (χ3n) is 3.80. The Kier molecular flexibility index (Phi) is 5.01. The van der Waals surface area contributed by atoms with Crippen LogP contribution >= 0.6 is 0 Å². The van der Waals surface area contributed by atoms with E-state index < -0.39 is 0 Å². The molecule has 0 spiro atoms. The minimum Gasteiger partial charge on any atom is -0.0651 e. The molecule has 0 aliphatic carbocycles. The minimum atomic E-state index is 1.19. The first-order valence-corrected chi connectivity index (χ1v) is 7.82. The summed E-state index contributed by atoms with van der Waals surface area (Å²) in [6, 6.07) is 11.8. The molecule has 0 amide bonds. The predicted octanol–water partition coefficient (Wildman–Crippen LogP) is 5.70. The topological polar surface area (TPSA) is 0 Å². The quantitative estimate of drug-likeness (QED) is 0.620. The van der Waals surface area contributed by atoms with Crippen LogP contribution in [0.3, 0.4) is 0 Å². The number of fused-ring (bicyclic) bond motifs is 1. The second-order valence-electron chi connectivity index (χ2n) is 5.55. The lowest BCUT2D eigenvalue weighted by molar-refractivity contribution is 0.863. The van der Waals surface area contributed by atoms with Crippen molar-refractivity contribution in [1.29, 1.82) is 0 Å². The van der Waals surface area contributed by atoms with E-state index in [2.05, 4.69) is 51.1 Å². The predicted molar refractivity (Wildman–Crippen MR) is 85.9 cm³/mol. The van der Waals surface area contributed by atoms with Crippen LogP contribution in [0.25, 0.3) is 10.8 Å². The average molecular weight is 254 g/mol. The molecule has 0 atom stereocenters. The molecule has 0 aliphatic rings. The lowest BCUT2D eigenvalue weighted by atomic mass is 9.94. The lowest BCUT2D eigenvalue weighted by Gasteiger charge is -2.11. The molecular weight excluding hydrogens is 228 g/mol. The Morgan fingerprint density at radius 1 is 0.632 bits per heavy atom. The Balaban J connectivity index is 2.46. The zero-order valence-electron chi connectivity index (χ0n) is 12.6. The van der Waals surface area contributed by atoms with Crippen molar-refractivity contribution in [3.05, 3.63) is 47.0 Å². The fourth-order valence-electron chi connectivity index (χ4n) is 2.89. The summed E-state index contributed by atoms with van der Waals surface area (Å²) >= 11 is 0. The Morgan fingerprint density at radius 2 is 1.21 bits per heavy atom.